The van der Waals surface area contributed by atoms with Gasteiger partial charge in [-0.05, 0) is 31.2 Å². The summed E-state index contributed by atoms with van der Waals surface area (Å²) in [5.41, 5.74) is 1.96. The maximum Gasteiger partial charge on any atom is 0.274 e. The smallest absolute Gasteiger partial charge is 0.274 e. The molecule has 0 aliphatic heterocycles. The van der Waals surface area contributed by atoms with Crippen LogP contribution in [0, 0.1) is 12.7 Å². The average Bonchev–Trinajstić information content (AvgIpc) is 2.77. The Morgan fingerprint density at radius 2 is 1.65 bits per heavy atom. The molecule has 0 saturated heterocycles. The second-order valence-corrected chi connectivity index (χ2v) is 4.57. The molecule has 0 bridgehead atoms. The van der Waals surface area contributed by atoms with Gasteiger partial charge in [0.25, 0.3) is 5.56 Å². The highest BCUT2D eigenvalue weighted by atomic mass is 19.1. The van der Waals surface area contributed by atoms with Crippen molar-refractivity contribution in [3.63, 3.8) is 0 Å². The molecule has 0 amide bonds. The zero-order valence-corrected chi connectivity index (χ0v) is 10.9. The summed E-state index contributed by atoms with van der Waals surface area (Å²) < 4.78 is 15.3. The van der Waals surface area contributed by atoms with E-state index < -0.39 is 0 Å². The molecule has 0 atom stereocenters. The molecule has 100 valence electrons. The summed E-state index contributed by atoms with van der Waals surface area (Å²) in [7, 11) is 0. The molecule has 1 heterocycles. The zero-order chi connectivity index (χ0) is 14.1. The van der Waals surface area contributed by atoms with Crippen LogP contribution >= 0.6 is 0 Å². The zero-order valence-electron chi connectivity index (χ0n) is 10.9. The van der Waals surface area contributed by atoms with Gasteiger partial charge in [0.1, 0.15) is 5.82 Å². The van der Waals surface area contributed by atoms with Crippen molar-refractivity contribution in [2.45, 2.75) is 6.92 Å². The van der Waals surface area contributed by atoms with Gasteiger partial charge in [0.15, 0.2) is 0 Å². The fourth-order valence-corrected chi connectivity index (χ4v) is 2.21. The van der Waals surface area contributed by atoms with Crippen LogP contribution in [0.2, 0.25) is 0 Å². The number of H-pyrrole nitrogens is 1. The molecular weight excluding hydrogens is 255 g/mol. The first-order valence-corrected chi connectivity index (χ1v) is 6.30. The normalized spacial score (nSPS) is 10.7. The highest BCUT2D eigenvalue weighted by molar-refractivity contribution is 5.63. The fraction of sp³-hybridized carbons (Fsp3) is 0.0625. The molecule has 0 radical (unpaired) electrons. The number of aromatic nitrogens is 2. The Morgan fingerprint density at radius 3 is 2.35 bits per heavy atom. The van der Waals surface area contributed by atoms with Gasteiger partial charge in [-0.1, -0.05) is 30.3 Å². The Bertz CT molecular complexity index is 803. The van der Waals surface area contributed by atoms with Gasteiger partial charge in [-0.25, -0.2) is 9.07 Å². The van der Waals surface area contributed by atoms with E-state index in [4.69, 9.17) is 0 Å². The van der Waals surface area contributed by atoms with Gasteiger partial charge in [0, 0.05) is 11.1 Å². The lowest BCUT2D eigenvalue weighted by atomic mass is 10.1. The van der Waals surface area contributed by atoms with Crippen LogP contribution in [0.1, 0.15) is 5.56 Å². The Labute approximate surface area is 115 Å². The maximum atomic E-state index is 13.9. The molecule has 1 aromatic heterocycles. The molecule has 0 aliphatic rings. The third-order valence-electron chi connectivity index (χ3n) is 3.28. The standard InChI is InChI=1S/C16H13FN2O/c1-11-15(13-9-5-6-10-14(13)17)18-19(16(11)20)12-7-3-2-4-8-12/h2-10,18H,1H3. The SMILES string of the molecule is Cc1c(-c2ccccc2F)[nH]n(-c2ccccc2)c1=O. The van der Waals surface area contributed by atoms with E-state index in [0.29, 0.717) is 16.8 Å². The van der Waals surface area contributed by atoms with Gasteiger partial charge >= 0.3 is 0 Å². The van der Waals surface area contributed by atoms with Gasteiger partial charge in [-0.15, -0.1) is 0 Å². The molecule has 3 rings (SSSR count). The van der Waals surface area contributed by atoms with Crippen LogP contribution in [-0.4, -0.2) is 9.78 Å². The number of aromatic amines is 1. The van der Waals surface area contributed by atoms with Crippen LogP contribution in [0.4, 0.5) is 4.39 Å². The number of nitrogens with one attached hydrogen (secondary N) is 1. The molecule has 1 N–H and O–H groups in total. The molecule has 3 aromatic rings. The molecule has 0 unspecified atom stereocenters. The van der Waals surface area contributed by atoms with E-state index in [-0.39, 0.29) is 11.4 Å². The number of halogens is 1. The minimum atomic E-state index is -0.350. The molecule has 0 aliphatic carbocycles. The summed E-state index contributed by atoms with van der Waals surface area (Å²) in [4.78, 5) is 12.3. The van der Waals surface area contributed by atoms with Gasteiger partial charge < -0.3 is 0 Å². The van der Waals surface area contributed by atoms with Gasteiger partial charge in [0.2, 0.25) is 0 Å². The average molecular weight is 268 g/mol. The minimum Gasteiger partial charge on any atom is -0.290 e. The van der Waals surface area contributed by atoms with Crippen molar-refractivity contribution in [3.05, 3.63) is 76.3 Å². The highest BCUT2D eigenvalue weighted by Gasteiger charge is 2.15. The molecular formula is C16H13FN2O. The van der Waals surface area contributed by atoms with Crippen molar-refractivity contribution in [3.8, 4) is 16.9 Å². The van der Waals surface area contributed by atoms with E-state index in [9.17, 15) is 9.18 Å². The third-order valence-corrected chi connectivity index (χ3v) is 3.28. The molecule has 4 heteroatoms. The van der Waals surface area contributed by atoms with Gasteiger partial charge in [-0.2, -0.15) is 0 Å². The van der Waals surface area contributed by atoms with E-state index in [1.165, 1.54) is 10.7 Å². The van der Waals surface area contributed by atoms with E-state index in [1.54, 1.807) is 25.1 Å². The lowest BCUT2D eigenvalue weighted by Crippen LogP contribution is -2.15. The Balaban J connectivity index is 2.22. The Kier molecular flexibility index (Phi) is 2.99. The highest BCUT2D eigenvalue weighted by Crippen LogP contribution is 2.22. The fourth-order valence-electron chi connectivity index (χ4n) is 2.21. The summed E-state index contributed by atoms with van der Waals surface area (Å²) in [5, 5.41) is 2.99. The topological polar surface area (TPSA) is 37.8 Å². The van der Waals surface area contributed by atoms with Crippen molar-refractivity contribution in [1.82, 2.24) is 9.78 Å². The van der Waals surface area contributed by atoms with Crippen LogP contribution in [0.25, 0.3) is 16.9 Å². The number of hydrogen-bond acceptors (Lipinski definition) is 1. The van der Waals surface area contributed by atoms with Crippen molar-refractivity contribution in [1.29, 1.82) is 0 Å². The third kappa shape index (κ3) is 1.95. The number of nitrogens with zero attached hydrogens (tertiary/aromatic N) is 1. The molecule has 2 aromatic carbocycles. The Hall–Kier alpha value is -2.62. The largest absolute Gasteiger partial charge is 0.290 e. The summed E-state index contributed by atoms with van der Waals surface area (Å²) in [6.07, 6.45) is 0. The summed E-state index contributed by atoms with van der Waals surface area (Å²) in [6, 6.07) is 15.6. The van der Waals surface area contributed by atoms with E-state index in [1.807, 2.05) is 30.3 Å². The van der Waals surface area contributed by atoms with Crippen LogP contribution < -0.4 is 5.56 Å². The van der Waals surface area contributed by atoms with E-state index in [2.05, 4.69) is 5.10 Å². The maximum absolute atomic E-state index is 13.9. The first-order chi connectivity index (χ1) is 9.68. The first-order valence-electron chi connectivity index (χ1n) is 6.30. The van der Waals surface area contributed by atoms with Crippen LogP contribution in [-0.2, 0) is 0 Å². The molecule has 0 spiro atoms. The van der Waals surface area contributed by atoms with Gasteiger partial charge in [-0.3, -0.25) is 9.89 Å². The van der Waals surface area contributed by atoms with Crippen LogP contribution in [0.3, 0.4) is 0 Å². The van der Waals surface area contributed by atoms with Crippen molar-refractivity contribution in [2.24, 2.45) is 0 Å². The van der Waals surface area contributed by atoms with E-state index in [0.717, 1.165) is 5.69 Å². The van der Waals surface area contributed by atoms with E-state index >= 15 is 0 Å². The number of para-hydroxylation sites is 1. The lowest BCUT2D eigenvalue weighted by Gasteiger charge is -2.02. The van der Waals surface area contributed by atoms with Crippen molar-refractivity contribution >= 4 is 0 Å². The van der Waals surface area contributed by atoms with Crippen LogP contribution in [0.15, 0.2) is 59.4 Å². The summed E-state index contributed by atoms with van der Waals surface area (Å²) >= 11 is 0. The second-order valence-electron chi connectivity index (χ2n) is 4.57. The molecule has 3 nitrogen and oxygen atoms in total. The predicted octanol–water partition coefficient (Wildman–Crippen LogP) is 3.28. The Morgan fingerprint density at radius 1 is 1.00 bits per heavy atom. The monoisotopic (exact) mass is 268 g/mol. The molecule has 0 saturated carbocycles. The quantitative estimate of drug-likeness (QED) is 0.761. The second kappa shape index (κ2) is 4.81. The first kappa shape index (κ1) is 12.4. The van der Waals surface area contributed by atoms with Crippen molar-refractivity contribution in [2.75, 3.05) is 0 Å². The van der Waals surface area contributed by atoms with Crippen molar-refractivity contribution < 1.29 is 4.39 Å². The lowest BCUT2D eigenvalue weighted by molar-refractivity contribution is 0.630. The predicted molar refractivity (Wildman–Crippen MR) is 76.5 cm³/mol. The van der Waals surface area contributed by atoms with Gasteiger partial charge in [0.05, 0.1) is 11.4 Å². The van der Waals surface area contributed by atoms with Crippen LogP contribution in [0.5, 0.6) is 0 Å². The number of benzene rings is 2. The molecule has 20 heavy (non-hydrogen) atoms. The number of hydrogen-bond donors (Lipinski definition) is 1. The minimum absolute atomic E-state index is 0.172. The summed E-state index contributed by atoms with van der Waals surface area (Å²) in [5.74, 6) is -0.350. The summed E-state index contributed by atoms with van der Waals surface area (Å²) in [6.45, 7) is 1.69. The molecule has 0 fully saturated rings. The number of rotatable bonds is 2.